The topological polar surface area (TPSA) is 12.9 Å². The van der Waals surface area contributed by atoms with Gasteiger partial charge >= 0.3 is 0 Å². The number of aromatic nitrogens is 1. The van der Waals surface area contributed by atoms with Crippen molar-refractivity contribution in [3.63, 3.8) is 0 Å². The molecule has 0 spiro atoms. The van der Waals surface area contributed by atoms with Gasteiger partial charge in [0.25, 0.3) is 0 Å². The van der Waals surface area contributed by atoms with Crippen LogP contribution >= 0.6 is 9.24 Å². The molecule has 1 heterocycles. The van der Waals surface area contributed by atoms with E-state index in [1.54, 1.807) is 0 Å². The molecule has 0 saturated heterocycles. The molecule has 1 nitrogen and oxygen atoms in total. The highest BCUT2D eigenvalue weighted by atomic mass is 31.0. The summed E-state index contributed by atoms with van der Waals surface area (Å²) in [6, 6.07) is 6.12. The molecule has 0 aromatic carbocycles. The van der Waals surface area contributed by atoms with E-state index in [0.717, 1.165) is 11.9 Å². The van der Waals surface area contributed by atoms with Crippen LogP contribution in [0.15, 0.2) is 18.2 Å². The summed E-state index contributed by atoms with van der Waals surface area (Å²) >= 11 is 0. The first kappa shape index (κ1) is 8.67. The summed E-state index contributed by atoms with van der Waals surface area (Å²) in [6.45, 7) is 4.41. The Morgan fingerprint density at radius 2 is 2.18 bits per heavy atom. The van der Waals surface area contributed by atoms with Crippen molar-refractivity contribution in [2.24, 2.45) is 5.92 Å². The monoisotopic (exact) mass is 167 g/mol. The van der Waals surface area contributed by atoms with Crippen LogP contribution in [0.5, 0.6) is 0 Å². The molecule has 0 aliphatic carbocycles. The van der Waals surface area contributed by atoms with Crippen molar-refractivity contribution in [2.75, 3.05) is 0 Å². The van der Waals surface area contributed by atoms with Gasteiger partial charge in [-0.2, -0.15) is 0 Å². The van der Waals surface area contributed by atoms with Gasteiger partial charge in [-0.25, -0.2) is 0 Å². The molecule has 0 aliphatic heterocycles. The molecule has 1 atom stereocenters. The molecule has 11 heavy (non-hydrogen) atoms. The van der Waals surface area contributed by atoms with Crippen LogP contribution in [-0.4, -0.2) is 4.98 Å². The summed E-state index contributed by atoms with van der Waals surface area (Å²) in [7, 11) is 2.61. The van der Waals surface area contributed by atoms with E-state index in [-0.39, 0.29) is 0 Å². The van der Waals surface area contributed by atoms with Crippen LogP contribution in [0, 0.1) is 5.92 Å². The van der Waals surface area contributed by atoms with Crippen LogP contribution in [0.25, 0.3) is 0 Å². The summed E-state index contributed by atoms with van der Waals surface area (Å²) in [5, 5.41) is 0. The van der Waals surface area contributed by atoms with Crippen molar-refractivity contribution in [1.82, 2.24) is 4.98 Å². The van der Waals surface area contributed by atoms with Gasteiger partial charge in [-0.1, -0.05) is 29.2 Å². The molecular weight excluding hydrogens is 153 g/mol. The third-order valence-electron chi connectivity index (χ3n) is 1.45. The van der Waals surface area contributed by atoms with E-state index >= 15 is 0 Å². The second-order valence-corrected chi connectivity index (χ2v) is 3.74. The minimum absolute atomic E-state index is 0.689. The Kier molecular flexibility index (Phi) is 3.02. The molecule has 1 rings (SSSR count). The normalized spacial score (nSPS) is 10.5. The highest BCUT2D eigenvalue weighted by Gasteiger charge is 1.97. The molecule has 1 aromatic rings. The quantitative estimate of drug-likeness (QED) is 0.612. The summed E-state index contributed by atoms with van der Waals surface area (Å²) in [5.74, 6) is 0.689. The minimum atomic E-state index is 0.689. The van der Waals surface area contributed by atoms with E-state index in [1.165, 1.54) is 5.69 Å². The Balaban J connectivity index is 2.71. The first-order valence-corrected chi connectivity index (χ1v) is 4.47. The van der Waals surface area contributed by atoms with Crippen LogP contribution in [0.3, 0.4) is 0 Å². The fourth-order valence-electron chi connectivity index (χ4n) is 1.03. The third kappa shape index (κ3) is 2.98. The second kappa shape index (κ2) is 3.82. The predicted molar refractivity (Wildman–Crippen MR) is 52.1 cm³/mol. The standard InChI is InChI=1S/C9H14NP/c1-7(2)6-8-4-3-5-9(11)10-8/h3-5,7H,6,11H2,1-2H3. The Bertz CT molecular complexity index is 233. The van der Waals surface area contributed by atoms with Gasteiger partial charge in [0.2, 0.25) is 0 Å². The zero-order valence-electron chi connectivity index (χ0n) is 7.04. The molecular formula is C9H14NP. The maximum atomic E-state index is 4.38. The number of hydrogen-bond acceptors (Lipinski definition) is 1. The van der Waals surface area contributed by atoms with Crippen LogP contribution in [0.1, 0.15) is 19.5 Å². The Labute approximate surface area is 70.4 Å². The first-order valence-electron chi connectivity index (χ1n) is 3.90. The fraction of sp³-hybridized carbons (Fsp3) is 0.444. The molecule has 0 saturated carbocycles. The van der Waals surface area contributed by atoms with E-state index in [0.29, 0.717) is 5.92 Å². The molecule has 2 heteroatoms. The molecule has 0 fully saturated rings. The van der Waals surface area contributed by atoms with Gasteiger partial charge in [-0.15, -0.1) is 0 Å². The summed E-state index contributed by atoms with van der Waals surface area (Å²) < 4.78 is 0. The molecule has 60 valence electrons. The Morgan fingerprint density at radius 3 is 2.73 bits per heavy atom. The fourth-order valence-corrected chi connectivity index (χ4v) is 1.31. The van der Waals surface area contributed by atoms with Gasteiger partial charge in [0.15, 0.2) is 0 Å². The molecule has 0 aliphatic rings. The van der Waals surface area contributed by atoms with Crippen LogP contribution in [-0.2, 0) is 6.42 Å². The van der Waals surface area contributed by atoms with Gasteiger partial charge in [0, 0.05) is 5.69 Å². The average molecular weight is 167 g/mol. The van der Waals surface area contributed by atoms with Crippen molar-refractivity contribution in [3.8, 4) is 0 Å². The minimum Gasteiger partial charge on any atom is -0.254 e. The molecule has 1 aromatic heterocycles. The van der Waals surface area contributed by atoms with E-state index in [2.05, 4.69) is 34.1 Å². The van der Waals surface area contributed by atoms with Gasteiger partial charge in [0.05, 0.1) is 5.44 Å². The third-order valence-corrected chi connectivity index (χ3v) is 1.77. The number of nitrogens with zero attached hydrogens (tertiary/aromatic N) is 1. The largest absolute Gasteiger partial charge is 0.254 e. The van der Waals surface area contributed by atoms with Crippen molar-refractivity contribution in [1.29, 1.82) is 0 Å². The van der Waals surface area contributed by atoms with Crippen molar-refractivity contribution in [2.45, 2.75) is 20.3 Å². The predicted octanol–water partition coefficient (Wildman–Crippen LogP) is 1.78. The first-order chi connectivity index (χ1) is 5.18. The molecule has 0 radical (unpaired) electrons. The molecule has 1 unspecified atom stereocenters. The highest BCUT2D eigenvalue weighted by molar-refractivity contribution is 7.26. The summed E-state index contributed by atoms with van der Waals surface area (Å²) in [5.41, 5.74) is 2.22. The van der Waals surface area contributed by atoms with E-state index in [4.69, 9.17) is 0 Å². The van der Waals surface area contributed by atoms with Crippen LogP contribution < -0.4 is 5.44 Å². The van der Waals surface area contributed by atoms with Crippen molar-refractivity contribution < 1.29 is 0 Å². The van der Waals surface area contributed by atoms with E-state index in [9.17, 15) is 0 Å². The second-order valence-electron chi connectivity index (χ2n) is 3.15. The average Bonchev–Trinajstić information content (AvgIpc) is 1.85. The summed E-state index contributed by atoms with van der Waals surface area (Å²) in [4.78, 5) is 4.38. The lowest BCUT2D eigenvalue weighted by Gasteiger charge is -2.03. The smallest absolute Gasteiger partial charge is 0.0572 e. The van der Waals surface area contributed by atoms with Gasteiger partial charge in [-0.3, -0.25) is 4.98 Å². The van der Waals surface area contributed by atoms with Crippen LogP contribution in [0.2, 0.25) is 0 Å². The van der Waals surface area contributed by atoms with Gasteiger partial charge in [0.1, 0.15) is 0 Å². The highest BCUT2D eigenvalue weighted by Crippen LogP contribution is 2.03. The number of hydrogen-bond donors (Lipinski definition) is 0. The van der Waals surface area contributed by atoms with Crippen molar-refractivity contribution >= 4 is 14.7 Å². The lowest BCUT2D eigenvalue weighted by molar-refractivity contribution is 0.636. The number of rotatable bonds is 2. The SMILES string of the molecule is CC(C)Cc1cccc(P)n1. The summed E-state index contributed by atoms with van der Waals surface area (Å²) in [6.07, 6.45) is 1.07. The van der Waals surface area contributed by atoms with Gasteiger partial charge in [-0.05, 0) is 24.5 Å². The van der Waals surface area contributed by atoms with E-state index in [1.807, 2.05) is 12.1 Å². The zero-order chi connectivity index (χ0) is 8.27. The lowest BCUT2D eigenvalue weighted by atomic mass is 10.1. The van der Waals surface area contributed by atoms with Gasteiger partial charge < -0.3 is 0 Å². The van der Waals surface area contributed by atoms with Crippen LogP contribution in [0.4, 0.5) is 0 Å². The van der Waals surface area contributed by atoms with Crippen molar-refractivity contribution in [3.05, 3.63) is 23.9 Å². The zero-order valence-corrected chi connectivity index (χ0v) is 8.20. The number of pyridine rings is 1. The Hall–Kier alpha value is -0.420. The lowest BCUT2D eigenvalue weighted by Crippen LogP contribution is -2.04. The maximum absolute atomic E-state index is 4.38. The maximum Gasteiger partial charge on any atom is 0.0572 e. The van der Waals surface area contributed by atoms with E-state index < -0.39 is 0 Å². The molecule has 0 N–H and O–H groups in total. The Morgan fingerprint density at radius 1 is 1.45 bits per heavy atom. The molecule has 0 amide bonds. The molecule has 0 bridgehead atoms.